The van der Waals surface area contributed by atoms with E-state index in [0.29, 0.717) is 17.7 Å². The molecule has 3 aromatic rings. The van der Waals surface area contributed by atoms with Crippen molar-refractivity contribution in [2.24, 2.45) is 5.92 Å². The van der Waals surface area contributed by atoms with Crippen LogP contribution >= 0.6 is 12.6 Å². The first-order valence-electron chi connectivity index (χ1n) is 10.1. The Morgan fingerprint density at radius 2 is 1.88 bits per heavy atom. The second-order valence-corrected chi connectivity index (χ2v) is 7.65. The first-order chi connectivity index (χ1) is 15.4. The van der Waals surface area contributed by atoms with Crippen LogP contribution in [0.1, 0.15) is 25.0 Å². The van der Waals surface area contributed by atoms with Crippen LogP contribution in [0.25, 0.3) is 10.8 Å². The maximum atomic E-state index is 14.0. The van der Waals surface area contributed by atoms with Crippen molar-refractivity contribution in [1.29, 1.82) is 0 Å². The number of halogens is 1. The molecule has 0 saturated heterocycles. The molecule has 0 heterocycles. The first-order valence-corrected chi connectivity index (χ1v) is 10.7. The quantitative estimate of drug-likeness (QED) is 0.308. The predicted molar refractivity (Wildman–Crippen MR) is 123 cm³/mol. The molecular weight excluding hydrogens is 433 g/mol. The molecular formula is C24H24FNO5S. The van der Waals surface area contributed by atoms with Crippen LogP contribution in [-0.2, 0) is 14.3 Å². The van der Waals surface area contributed by atoms with Crippen molar-refractivity contribution in [1.82, 2.24) is 0 Å². The van der Waals surface area contributed by atoms with Gasteiger partial charge in [0.2, 0.25) is 0 Å². The molecule has 6 nitrogen and oxygen atoms in total. The average Bonchev–Trinajstić information content (AvgIpc) is 2.79. The Hall–Kier alpha value is -3.26. The number of benzene rings is 3. The summed E-state index contributed by atoms with van der Waals surface area (Å²) in [6.45, 7) is 1.90. The Kier molecular flexibility index (Phi) is 7.94. The van der Waals surface area contributed by atoms with Crippen LogP contribution in [0.2, 0.25) is 0 Å². The number of amides is 1. The minimum Gasteiger partial charge on any atom is -0.505 e. The molecule has 8 heteroatoms. The number of fused-ring (bicyclic) bond motifs is 1. The summed E-state index contributed by atoms with van der Waals surface area (Å²) in [5.41, 5.74) is 0.959. The molecule has 0 bridgehead atoms. The summed E-state index contributed by atoms with van der Waals surface area (Å²) in [6.07, 6.45) is -1.18. The lowest BCUT2D eigenvalue weighted by Crippen LogP contribution is -2.23. The fourth-order valence-corrected chi connectivity index (χ4v) is 3.45. The van der Waals surface area contributed by atoms with E-state index in [0.717, 1.165) is 16.8 Å². The van der Waals surface area contributed by atoms with Gasteiger partial charge in [-0.2, -0.15) is 12.6 Å². The highest BCUT2D eigenvalue weighted by Gasteiger charge is 2.25. The number of nitrogens with one attached hydrogen (secondary N) is 1. The Bertz CT molecular complexity index is 1100. The van der Waals surface area contributed by atoms with Gasteiger partial charge >= 0.3 is 12.1 Å². The molecule has 0 saturated carbocycles. The number of hydrogen-bond donors (Lipinski definition) is 3. The highest BCUT2D eigenvalue weighted by molar-refractivity contribution is 7.81. The van der Waals surface area contributed by atoms with Gasteiger partial charge in [-0.15, -0.1) is 0 Å². The van der Waals surface area contributed by atoms with Crippen LogP contribution in [0.15, 0.2) is 60.7 Å². The molecule has 32 heavy (non-hydrogen) atoms. The minimum atomic E-state index is -0.838. The number of carbonyl (C=O) groups is 2. The lowest BCUT2D eigenvalue weighted by molar-refractivity contribution is -0.141. The molecule has 2 atom stereocenters. The normalized spacial score (nSPS) is 12.7. The lowest BCUT2D eigenvalue weighted by atomic mass is 9.94. The van der Waals surface area contributed by atoms with Gasteiger partial charge in [-0.3, -0.25) is 10.1 Å². The van der Waals surface area contributed by atoms with Crippen LogP contribution in [0.3, 0.4) is 0 Å². The fraction of sp³-hybridized carbons (Fsp3) is 0.250. The maximum absolute atomic E-state index is 14.0. The number of esters is 1. The molecule has 1 amide bonds. The van der Waals surface area contributed by atoms with Gasteiger partial charge in [0.05, 0.1) is 18.0 Å². The predicted octanol–water partition coefficient (Wildman–Crippen LogP) is 5.47. The summed E-state index contributed by atoms with van der Waals surface area (Å²) in [5.74, 6) is -2.13. The number of aromatic hydroxyl groups is 1. The van der Waals surface area contributed by atoms with Crippen molar-refractivity contribution in [3.63, 3.8) is 0 Å². The van der Waals surface area contributed by atoms with Gasteiger partial charge in [-0.25, -0.2) is 9.18 Å². The van der Waals surface area contributed by atoms with E-state index in [4.69, 9.17) is 9.47 Å². The van der Waals surface area contributed by atoms with Crippen LogP contribution in [-0.4, -0.2) is 29.5 Å². The third-order valence-electron chi connectivity index (χ3n) is 5.04. The van der Waals surface area contributed by atoms with Crippen LogP contribution in [0.5, 0.6) is 5.75 Å². The molecule has 0 aliphatic carbocycles. The SMILES string of the molecule is C[C@@H](CCOC(=O)CS)[C@H](OC(=O)Nc1cccc2ccccc12)c1ccc(O)c(F)c1. The Balaban J connectivity index is 1.78. The number of anilines is 1. The fourth-order valence-electron chi connectivity index (χ4n) is 3.36. The zero-order valence-electron chi connectivity index (χ0n) is 17.5. The molecule has 0 unspecified atom stereocenters. The Morgan fingerprint density at radius 3 is 2.62 bits per heavy atom. The van der Waals surface area contributed by atoms with Gasteiger partial charge in [0.25, 0.3) is 0 Å². The molecule has 168 valence electrons. The first kappa shape index (κ1) is 23.4. The van der Waals surface area contributed by atoms with E-state index in [9.17, 15) is 19.1 Å². The standard InChI is InChI=1S/C24H24FNO5S/c1-15(11-12-30-22(28)14-32)23(17-9-10-21(27)19(25)13-17)31-24(29)26-20-8-4-6-16-5-2-3-7-18(16)20/h2-10,13,15,23,27,32H,11-12,14H2,1H3,(H,26,29)/t15-,23-/m0/s1. The van der Waals surface area contributed by atoms with Gasteiger partial charge in [-0.1, -0.05) is 49.4 Å². The smallest absolute Gasteiger partial charge is 0.412 e. The number of hydrogen-bond acceptors (Lipinski definition) is 6. The van der Waals surface area contributed by atoms with Crippen molar-refractivity contribution in [2.75, 3.05) is 17.7 Å². The largest absolute Gasteiger partial charge is 0.505 e. The Labute approximate surface area is 190 Å². The topological polar surface area (TPSA) is 84.9 Å². The summed E-state index contributed by atoms with van der Waals surface area (Å²) < 4.78 is 24.7. The third-order valence-corrected chi connectivity index (χ3v) is 5.30. The number of rotatable bonds is 8. The number of thiol groups is 1. The second kappa shape index (κ2) is 10.9. The highest BCUT2D eigenvalue weighted by atomic mass is 32.1. The van der Waals surface area contributed by atoms with E-state index >= 15 is 0 Å². The Morgan fingerprint density at radius 1 is 1.12 bits per heavy atom. The average molecular weight is 458 g/mol. The van der Waals surface area contributed by atoms with E-state index in [1.54, 1.807) is 13.0 Å². The van der Waals surface area contributed by atoms with E-state index in [1.807, 2.05) is 36.4 Å². The zero-order valence-corrected chi connectivity index (χ0v) is 18.3. The van der Waals surface area contributed by atoms with Crippen molar-refractivity contribution >= 4 is 41.2 Å². The summed E-state index contributed by atoms with van der Waals surface area (Å²) in [6, 6.07) is 16.9. The molecule has 0 aliphatic heterocycles. The highest BCUT2D eigenvalue weighted by Crippen LogP contribution is 2.32. The molecule has 0 aromatic heterocycles. The van der Waals surface area contributed by atoms with E-state index in [2.05, 4.69) is 17.9 Å². The molecule has 0 radical (unpaired) electrons. The van der Waals surface area contributed by atoms with Gasteiger partial charge in [0.1, 0.15) is 6.10 Å². The third kappa shape index (κ3) is 5.91. The molecule has 3 rings (SSSR count). The summed E-state index contributed by atoms with van der Waals surface area (Å²) in [7, 11) is 0. The van der Waals surface area contributed by atoms with Crippen LogP contribution in [0.4, 0.5) is 14.9 Å². The molecule has 0 aliphatic rings. The van der Waals surface area contributed by atoms with E-state index in [1.165, 1.54) is 12.1 Å². The summed E-state index contributed by atoms with van der Waals surface area (Å²) in [5, 5.41) is 14.1. The monoisotopic (exact) mass is 457 g/mol. The number of ether oxygens (including phenoxy) is 2. The lowest BCUT2D eigenvalue weighted by Gasteiger charge is -2.25. The molecule has 0 spiro atoms. The van der Waals surface area contributed by atoms with E-state index in [-0.39, 0.29) is 18.3 Å². The maximum Gasteiger partial charge on any atom is 0.412 e. The summed E-state index contributed by atoms with van der Waals surface area (Å²) >= 11 is 3.86. The van der Waals surface area contributed by atoms with Gasteiger partial charge < -0.3 is 14.6 Å². The van der Waals surface area contributed by atoms with Gasteiger partial charge in [0.15, 0.2) is 11.6 Å². The van der Waals surface area contributed by atoms with Crippen molar-refractivity contribution in [3.05, 3.63) is 72.0 Å². The molecule has 2 N–H and O–H groups in total. The summed E-state index contributed by atoms with van der Waals surface area (Å²) in [4.78, 5) is 24.1. The molecule has 3 aromatic carbocycles. The number of phenols is 1. The van der Waals surface area contributed by atoms with Gasteiger partial charge in [0, 0.05) is 11.3 Å². The van der Waals surface area contributed by atoms with Crippen LogP contribution < -0.4 is 5.32 Å². The number of phenolic OH excluding ortho intramolecular Hbond substituents is 1. The van der Waals surface area contributed by atoms with Crippen molar-refractivity contribution in [3.8, 4) is 5.75 Å². The molecule has 0 fully saturated rings. The van der Waals surface area contributed by atoms with E-state index < -0.39 is 29.7 Å². The van der Waals surface area contributed by atoms with Crippen molar-refractivity contribution < 1.29 is 28.6 Å². The van der Waals surface area contributed by atoms with Crippen molar-refractivity contribution in [2.45, 2.75) is 19.4 Å². The minimum absolute atomic E-state index is 0.0368. The second-order valence-electron chi connectivity index (χ2n) is 7.33. The van der Waals surface area contributed by atoms with Gasteiger partial charge in [-0.05, 0) is 35.6 Å². The van der Waals surface area contributed by atoms with Crippen LogP contribution in [0, 0.1) is 11.7 Å². The number of carbonyl (C=O) groups excluding carboxylic acids is 2. The zero-order chi connectivity index (χ0) is 23.1.